The lowest BCUT2D eigenvalue weighted by Crippen LogP contribution is -1.96. The average Bonchev–Trinajstić information content (AvgIpc) is 3.57. The Labute approximate surface area is 288 Å². The predicted molar refractivity (Wildman–Crippen MR) is 203 cm³/mol. The average molecular weight is 645 g/mol. The van der Waals surface area contributed by atoms with Crippen LogP contribution in [0.2, 0.25) is 0 Å². The SMILES string of the molecule is c1ccc(-c2cc(-c3ccccc3)nc(-c3ccc4c(c3)sc3c(-c5nc(-c6ccccc6)cc(-c6ccccc6)n5)cccc34)n2)cc1. The van der Waals surface area contributed by atoms with Crippen LogP contribution in [0.4, 0.5) is 0 Å². The van der Waals surface area contributed by atoms with Crippen molar-refractivity contribution in [1.82, 2.24) is 19.9 Å². The number of aromatic nitrogens is 4. The third-order valence-electron chi connectivity index (χ3n) is 8.73. The van der Waals surface area contributed by atoms with Gasteiger partial charge >= 0.3 is 0 Å². The van der Waals surface area contributed by atoms with E-state index < -0.39 is 0 Å². The molecule has 0 aliphatic heterocycles. The van der Waals surface area contributed by atoms with Crippen molar-refractivity contribution >= 4 is 31.5 Å². The van der Waals surface area contributed by atoms with Gasteiger partial charge in [0.2, 0.25) is 0 Å². The molecule has 0 radical (unpaired) electrons. The molecule has 0 amide bonds. The zero-order valence-electron chi connectivity index (χ0n) is 26.4. The zero-order chi connectivity index (χ0) is 32.6. The van der Waals surface area contributed by atoms with E-state index in [1.807, 2.05) is 72.8 Å². The number of thiophene rings is 1. The van der Waals surface area contributed by atoms with Crippen LogP contribution in [-0.4, -0.2) is 19.9 Å². The Kier molecular flexibility index (Phi) is 7.30. The third kappa shape index (κ3) is 5.56. The second kappa shape index (κ2) is 12.4. The van der Waals surface area contributed by atoms with Gasteiger partial charge in [0.15, 0.2) is 11.6 Å². The van der Waals surface area contributed by atoms with Crippen LogP contribution in [-0.2, 0) is 0 Å². The van der Waals surface area contributed by atoms with Crippen molar-refractivity contribution in [3.05, 3.63) is 170 Å². The molecule has 0 N–H and O–H groups in total. The van der Waals surface area contributed by atoms with Crippen LogP contribution in [0.25, 0.3) is 88.0 Å². The van der Waals surface area contributed by atoms with Gasteiger partial charge in [0, 0.05) is 53.6 Å². The zero-order valence-corrected chi connectivity index (χ0v) is 27.2. The molecular weight excluding hydrogens is 617 g/mol. The highest BCUT2D eigenvalue weighted by Crippen LogP contribution is 2.41. The Bertz CT molecular complexity index is 2470. The van der Waals surface area contributed by atoms with E-state index in [1.165, 1.54) is 10.8 Å². The molecule has 6 aromatic carbocycles. The fourth-order valence-corrected chi connectivity index (χ4v) is 7.54. The van der Waals surface area contributed by atoms with Crippen LogP contribution >= 0.6 is 11.3 Å². The summed E-state index contributed by atoms with van der Waals surface area (Å²) in [4.78, 5) is 20.4. The highest BCUT2D eigenvalue weighted by molar-refractivity contribution is 7.26. The van der Waals surface area contributed by atoms with Crippen LogP contribution in [0.3, 0.4) is 0 Å². The van der Waals surface area contributed by atoms with Gasteiger partial charge in [-0.3, -0.25) is 0 Å². The summed E-state index contributed by atoms with van der Waals surface area (Å²) in [5, 5.41) is 2.37. The van der Waals surface area contributed by atoms with Gasteiger partial charge in [-0.05, 0) is 24.3 Å². The minimum absolute atomic E-state index is 0.700. The van der Waals surface area contributed by atoms with Crippen molar-refractivity contribution in [1.29, 1.82) is 0 Å². The Morgan fingerprint density at radius 1 is 0.327 bits per heavy atom. The van der Waals surface area contributed by atoms with Crippen LogP contribution in [0.5, 0.6) is 0 Å². The largest absolute Gasteiger partial charge is 0.228 e. The fourth-order valence-electron chi connectivity index (χ4n) is 6.28. The molecule has 4 nitrogen and oxygen atoms in total. The summed E-state index contributed by atoms with van der Waals surface area (Å²) in [7, 11) is 0. The third-order valence-corrected chi connectivity index (χ3v) is 9.93. The van der Waals surface area contributed by atoms with Gasteiger partial charge in [-0.1, -0.05) is 146 Å². The lowest BCUT2D eigenvalue weighted by molar-refractivity contribution is 1.18. The number of hydrogen-bond acceptors (Lipinski definition) is 5. The molecule has 3 aromatic heterocycles. The second-order valence-corrected chi connectivity index (χ2v) is 12.9. The van der Waals surface area contributed by atoms with Gasteiger partial charge in [-0.25, -0.2) is 19.9 Å². The second-order valence-electron chi connectivity index (χ2n) is 11.9. The summed E-state index contributed by atoms with van der Waals surface area (Å²) in [6.07, 6.45) is 0. The van der Waals surface area contributed by atoms with Gasteiger partial charge in [0.05, 0.1) is 22.8 Å². The number of fused-ring (bicyclic) bond motifs is 3. The topological polar surface area (TPSA) is 51.6 Å². The van der Waals surface area contributed by atoms with E-state index in [-0.39, 0.29) is 0 Å². The molecule has 3 heterocycles. The molecule has 5 heteroatoms. The van der Waals surface area contributed by atoms with E-state index in [1.54, 1.807) is 11.3 Å². The molecule has 0 aliphatic rings. The summed E-state index contributed by atoms with van der Waals surface area (Å²) in [6, 6.07) is 58.4. The highest BCUT2D eigenvalue weighted by Gasteiger charge is 2.17. The van der Waals surface area contributed by atoms with Crippen molar-refractivity contribution in [3.8, 4) is 67.8 Å². The van der Waals surface area contributed by atoms with Crippen LogP contribution in [0.1, 0.15) is 0 Å². The van der Waals surface area contributed by atoms with E-state index in [0.717, 1.165) is 65.6 Å². The number of nitrogens with zero attached hydrogens (tertiary/aromatic N) is 4. The van der Waals surface area contributed by atoms with Gasteiger partial charge in [-0.2, -0.15) is 0 Å². The Hall–Kier alpha value is -6.30. The fraction of sp³-hybridized carbons (Fsp3) is 0. The standard InChI is InChI=1S/C44H28N4S/c1-5-14-29(15-6-1)37-27-38(30-16-7-2-8-17-30)46-43(45-37)33-24-25-34-35-22-13-23-36(42(35)49-41(34)26-33)44-47-39(31-18-9-3-10-19-31)28-40(48-44)32-20-11-4-12-21-32/h1-28H. The van der Waals surface area contributed by atoms with Gasteiger partial charge in [0.1, 0.15) is 0 Å². The van der Waals surface area contributed by atoms with Gasteiger partial charge < -0.3 is 0 Å². The molecule has 9 aromatic rings. The van der Waals surface area contributed by atoms with Gasteiger partial charge in [-0.15, -0.1) is 11.3 Å². The molecule has 49 heavy (non-hydrogen) atoms. The number of rotatable bonds is 6. The van der Waals surface area contributed by atoms with E-state index >= 15 is 0 Å². The minimum Gasteiger partial charge on any atom is -0.228 e. The van der Waals surface area contributed by atoms with Crippen molar-refractivity contribution < 1.29 is 0 Å². The molecule has 0 saturated carbocycles. The number of benzene rings is 6. The molecule has 9 rings (SSSR count). The highest BCUT2D eigenvalue weighted by atomic mass is 32.1. The molecule has 0 atom stereocenters. The summed E-state index contributed by atoms with van der Waals surface area (Å²) in [6.45, 7) is 0. The van der Waals surface area contributed by atoms with Crippen molar-refractivity contribution in [2.45, 2.75) is 0 Å². The Balaban J connectivity index is 1.20. The summed E-state index contributed by atoms with van der Waals surface area (Å²) >= 11 is 1.76. The molecule has 0 aliphatic carbocycles. The predicted octanol–water partition coefficient (Wildman–Crippen LogP) is 11.6. The lowest BCUT2D eigenvalue weighted by atomic mass is 10.0. The normalized spacial score (nSPS) is 11.3. The molecular formula is C44H28N4S. The molecule has 0 bridgehead atoms. The molecule has 230 valence electrons. The van der Waals surface area contributed by atoms with Crippen LogP contribution < -0.4 is 0 Å². The van der Waals surface area contributed by atoms with Crippen LogP contribution in [0, 0.1) is 0 Å². The van der Waals surface area contributed by atoms with Crippen molar-refractivity contribution in [2.24, 2.45) is 0 Å². The maximum atomic E-state index is 5.14. The quantitative estimate of drug-likeness (QED) is 0.181. The summed E-state index contributed by atoms with van der Waals surface area (Å²) in [5.41, 5.74) is 9.82. The Morgan fingerprint density at radius 3 is 1.24 bits per heavy atom. The molecule has 0 unspecified atom stereocenters. The van der Waals surface area contributed by atoms with Crippen molar-refractivity contribution in [2.75, 3.05) is 0 Å². The monoisotopic (exact) mass is 644 g/mol. The molecule has 0 spiro atoms. The van der Waals surface area contributed by atoms with Crippen molar-refractivity contribution in [3.63, 3.8) is 0 Å². The van der Waals surface area contributed by atoms with Crippen LogP contribution in [0.15, 0.2) is 170 Å². The van der Waals surface area contributed by atoms with E-state index in [4.69, 9.17) is 19.9 Å². The molecule has 0 saturated heterocycles. The maximum Gasteiger partial charge on any atom is 0.161 e. The minimum atomic E-state index is 0.700. The first kappa shape index (κ1) is 28.9. The van der Waals surface area contributed by atoms with E-state index in [9.17, 15) is 0 Å². The first-order valence-electron chi connectivity index (χ1n) is 16.2. The summed E-state index contributed by atoms with van der Waals surface area (Å²) < 4.78 is 2.32. The Morgan fingerprint density at radius 2 is 0.776 bits per heavy atom. The smallest absolute Gasteiger partial charge is 0.161 e. The van der Waals surface area contributed by atoms with Gasteiger partial charge in [0.25, 0.3) is 0 Å². The first-order valence-corrected chi connectivity index (χ1v) is 17.0. The maximum absolute atomic E-state index is 5.14. The van der Waals surface area contributed by atoms with E-state index in [0.29, 0.717) is 11.6 Å². The first-order chi connectivity index (χ1) is 24.3. The number of hydrogen-bond donors (Lipinski definition) is 0. The molecule has 0 fully saturated rings. The van der Waals surface area contributed by atoms with E-state index in [2.05, 4.69) is 97.1 Å². The lowest BCUT2D eigenvalue weighted by Gasteiger charge is -2.10. The summed E-state index contributed by atoms with van der Waals surface area (Å²) in [5.74, 6) is 1.41.